The van der Waals surface area contributed by atoms with Gasteiger partial charge in [-0.2, -0.15) is 0 Å². The van der Waals surface area contributed by atoms with Crippen LogP contribution in [-0.2, 0) is 4.74 Å². The van der Waals surface area contributed by atoms with Gasteiger partial charge in [0.15, 0.2) is 0 Å². The Kier molecular flexibility index (Phi) is 1.86. The maximum absolute atomic E-state index is 8.41. The molecule has 1 N–H and O–H groups in total. The van der Waals surface area contributed by atoms with Crippen LogP contribution in [0.3, 0.4) is 0 Å². The maximum atomic E-state index is 8.41. The molecule has 1 saturated heterocycles. The van der Waals surface area contributed by atoms with Crippen LogP contribution in [0.1, 0.15) is 19.8 Å². The molecular formula is C6H12O2. The molecule has 2 unspecified atom stereocenters. The van der Waals surface area contributed by atoms with Crippen molar-refractivity contribution in [3.63, 3.8) is 0 Å². The third-order valence-corrected chi connectivity index (χ3v) is 1.50. The normalized spacial score (nSPS) is 35.2. The van der Waals surface area contributed by atoms with E-state index in [0.29, 0.717) is 12.2 Å². The first kappa shape index (κ1) is 6.05. The van der Waals surface area contributed by atoms with E-state index in [-0.39, 0.29) is 6.61 Å². The molecular weight excluding hydrogens is 104 g/mol. The lowest BCUT2D eigenvalue weighted by Gasteiger charge is -1.84. The zero-order valence-electron chi connectivity index (χ0n) is 5.13. The molecule has 1 aliphatic rings. The van der Waals surface area contributed by atoms with Crippen molar-refractivity contribution in [2.24, 2.45) is 0 Å². The van der Waals surface area contributed by atoms with Crippen LogP contribution in [0.25, 0.3) is 0 Å². The van der Waals surface area contributed by atoms with Gasteiger partial charge in [0.05, 0.1) is 12.2 Å². The number of epoxide rings is 1. The van der Waals surface area contributed by atoms with Gasteiger partial charge in [0.25, 0.3) is 0 Å². The van der Waals surface area contributed by atoms with Gasteiger partial charge in [-0.1, -0.05) is 6.92 Å². The highest BCUT2D eigenvalue weighted by molar-refractivity contribution is 4.82. The lowest BCUT2D eigenvalue weighted by atomic mass is 10.2. The van der Waals surface area contributed by atoms with Crippen molar-refractivity contribution in [2.75, 3.05) is 6.61 Å². The second-order valence-corrected chi connectivity index (χ2v) is 2.13. The summed E-state index contributed by atoms with van der Waals surface area (Å²) in [6.45, 7) is 2.36. The molecule has 0 bridgehead atoms. The van der Waals surface area contributed by atoms with Crippen molar-refractivity contribution in [3.8, 4) is 0 Å². The molecule has 1 fully saturated rings. The van der Waals surface area contributed by atoms with Crippen molar-refractivity contribution < 1.29 is 9.84 Å². The Morgan fingerprint density at radius 1 is 1.50 bits per heavy atom. The lowest BCUT2D eigenvalue weighted by Crippen LogP contribution is -1.94. The van der Waals surface area contributed by atoms with Gasteiger partial charge in [-0.25, -0.2) is 0 Å². The zero-order chi connectivity index (χ0) is 5.98. The predicted octanol–water partition coefficient (Wildman–Crippen LogP) is 0.546. The van der Waals surface area contributed by atoms with Gasteiger partial charge >= 0.3 is 0 Å². The molecule has 0 aromatic rings. The SMILES string of the molecule is CCC1OC1CCO. The third-order valence-electron chi connectivity index (χ3n) is 1.50. The van der Waals surface area contributed by atoms with E-state index >= 15 is 0 Å². The number of hydrogen-bond acceptors (Lipinski definition) is 2. The third kappa shape index (κ3) is 1.20. The van der Waals surface area contributed by atoms with Gasteiger partial charge in [-0.15, -0.1) is 0 Å². The van der Waals surface area contributed by atoms with Crippen LogP contribution < -0.4 is 0 Å². The van der Waals surface area contributed by atoms with Crippen LogP contribution >= 0.6 is 0 Å². The van der Waals surface area contributed by atoms with Crippen LogP contribution in [-0.4, -0.2) is 23.9 Å². The summed E-state index contributed by atoms with van der Waals surface area (Å²) in [5.41, 5.74) is 0. The van der Waals surface area contributed by atoms with Gasteiger partial charge in [0, 0.05) is 6.61 Å². The summed E-state index contributed by atoms with van der Waals surface area (Å²) in [5.74, 6) is 0. The summed E-state index contributed by atoms with van der Waals surface area (Å²) >= 11 is 0. The van der Waals surface area contributed by atoms with Crippen LogP contribution in [0.2, 0.25) is 0 Å². The molecule has 2 heteroatoms. The molecule has 0 radical (unpaired) electrons. The first-order chi connectivity index (χ1) is 3.88. The molecule has 0 aliphatic carbocycles. The van der Waals surface area contributed by atoms with E-state index in [1.165, 1.54) is 0 Å². The van der Waals surface area contributed by atoms with E-state index in [2.05, 4.69) is 6.92 Å². The van der Waals surface area contributed by atoms with Crippen molar-refractivity contribution in [3.05, 3.63) is 0 Å². The summed E-state index contributed by atoms with van der Waals surface area (Å²) < 4.78 is 5.15. The van der Waals surface area contributed by atoms with Crippen molar-refractivity contribution in [1.29, 1.82) is 0 Å². The molecule has 1 heterocycles. The van der Waals surface area contributed by atoms with E-state index in [9.17, 15) is 0 Å². The molecule has 0 saturated carbocycles. The summed E-state index contributed by atoms with van der Waals surface area (Å²) in [5, 5.41) is 8.41. The fourth-order valence-corrected chi connectivity index (χ4v) is 0.919. The van der Waals surface area contributed by atoms with Gasteiger partial charge in [-0.3, -0.25) is 0 Å². The van der Waals surface area contributed by atoms with Crippen molar-refractivity contribution >= 4 is 0 Å². The Bertz CT molecular complexity index is 72.9. The van der Waals surface area contributed by atoms with E-state index in [1.54, 1.807) is 0 Å². The number of rotatable bonds is 3. The first-order valence-corrected chi connectivity index (χ1v) is 3.14. The molecule has 2 nitrogen and oxygen atoms in total. The molecule has 2 atom stereocenters. The van der Waals surface area contributed by atoms with E-state index < -0.39 is 0 Å². The minimum absolute atomic E-state index is 0.265. The van der Waals surface area contributed by atoms with Gasteiger partial charge in [0.1, 0.15) is 0 Å². The quantitative estimate of drug-likeness (QED) is 0.546. The van der Waals surface area contributed by atoms with Crippen molar-refractivity contribution in [1.82, 2.24) is 0 Å². The highest BCUT2D eigenvalue weighted by Crippen LogP contribution is 2.27. The minimum Gasteiger partial charge on any atom is -0.396 e. The molecule has 48 valence electrons. The van der Waals surface area contributed by atoms with Gasteiger partial charge < -0.3 is 9.84 Å². The van der Waals surface area contributed by atoms with Gasteiger partial charge in [-0.05, 0) is 12.8 Å². The van der Waals surface area contributed by atoms with E-state index in [0.717, 1.165) is 12.8 Å². The minimum atomic E-state index is 0.265. The summed E-state index contributed by atoms with van der Waals surface area (Å²) in [4.78, 5) is 0. The molecule has 1 rings (SSSR count). The van der Waals surface area contributed by atoms with Crippen LogP contribution in [0.5, 0.6) is 0 Å². The number of hydrogen-bond donors (Lipinski definition) is 1. The summed E-state index contributed by atoms with van der Waals surface area (Å²) in [6.07, 6.45) is 2.75. The Hall–Kier alpha value is -0.0800. The van der Waals surface area contributed by atoms with E-state index in [4.69, 9.17) is 9.84 Å². The number of aliphatic hydroxyl groups excluding tert-OH is 1. The highest BCUT2D eigenvalue weighted by atomic mass is 16.6. The second kappa shape index (κ2) is 2.46. The molecule has 0 aromatic heterocycles. The number of ether oxygens (including phenoxy) is 1. The molecule has 0 spiro atoms. The molecule has 0 amide bonds. The van der Waals surface area contributed by atoms with Crippen LogP contribution in [0.4, 0.5) is 0 Å². The fourth-order valence-electron chi connectivity index (χ4n) is 0.919. The largest absolute Gasteiger partial charge is 0.396 e. The average molecular weight is 116 g/mol. The predicted molar refractivity (Wildman–Crippen MR) is 30.7 cm³/mol. The maximum Gasteiger partial charge on any atom is 0.0863 e. The van der Waals surface area contributed by atoms with Crippen LogP contribution in [0.15, 0.2) is 0 Å². The number of aliphatic hydroxyl groups is 1. The Labute approximate surface area is 49.5 Å². The van der Waals surface area contributed by atoms with Crippen LogP contribution in [0, 0.1) is 0 Å². The smallest absolute Gasteiger partial charge is 0.0863 e. The molecule has 1 aliphatic heterocycles. The summed E-state index contributed by atoms with van der Waals surface area (Å²) in [6, 6.07) is 0. The topological polar surface area (TPSA) is 32.8 Å². The first-order valence-electron chi connectivity index (χ1n) is 3.14. The van der Waals surface area contributed by atoms with Gasteiger partial charge in [0.2, 0.25) is 0 Å². The van der Waals surface area contributed by atoms with Crippen molar-refractivity contribution in [2.45, 2.75) is 32.0 Å². The molecule has 0 aromatic carbocycles. The monoisotopic (exact) mass is 116 g/mol. The Balaban J connectivity index is 1.99. The summed E-state index contributed by atoms with van der Waals surface area (Å²) in [7, 11) is 0. The fraction of sp³-hybridized carbons (Fsp3) is 1.00. The average Bonchev–Trinajstić information content (AvgIpc) is 2.48. The zero-order valence-corrected chi connectivity index (χ0v) is 5.13. The Morgan fingerprint density at radius 2 is 2.25 bits per heavy atom. The standard InChI is InChI=1S/C6H12O2/c1-2-5-6(8-5)3-4-7/h5-7H,2-4H2,1H3. The molecule has 8 heavy (non-hydrogen) atoms. The Morgan fingerprint density at radius 3 is 2.62 bits per heavy atom. The second-order valence-electron chi connectivity index (χ2n) is 2.13. The van der Waals surface area contributed by atoms with E-state index in [1.807, 2.05) is 0 Å². The lowest BCUT2D eigenvalue weighted by molar-refractivity contribution is 0.262. The highest BCUT2D eigenvalue weighted by Gasteiger charge is 2.35.